The molecule has 0 spiro atoms. The van der Waals surface area contributed by atoms with Crippen LogP contribution in [-0.4, -0.2) is 72.5 Å². The number of fused-ring (bicyclic) bond motifs is 1. The van der Waals surface area contributed by atoms with Gasteiger partial charge in [-0.2, -0.15) is 0 Å². The number of aryl methyl sites for hydroxylation is 1. The lowest BCUT2D eigenvalue weighted by Gasteiger charge is -2.32. The largest absolute Gasteiger partial charge is 0.442 e. The molecule has 1 saturated heterocycles. The van der Waals surface area contributed by atoms with Crippen molar-refractivity contribution in [1.82, 2.24) is 25.1 Å². The van der Waals surface area contributed by atoms with Crippen LogP contribution >= 0.6 is 0 Å². The van der Waals surface area contributed by atoms with Gasteiger partial charge < -0.3 is 24.5 Å². The first-order valence-corrected chi connectivity index (χ1v) is 9.07. The Morgan fingerprint density at radius 1 is 1.42 bits per heavy atom. The first-order valence-electron chi connectivity index (χ1n) is 9.07. The van der Waals surface area contributed by atoms with E-state index >= 15 is 0 Å². The number of furan rings is 1. The van der Waals surface area contributed by atoms with Gasteiger partial charge in [-0.25, -0.2) is 4.98 Å². The summed E-state index contributed by atoms with van der Waals surface area (Å²) < 4.78 is 5.45. The molecule has 0 radical (unpaired) electrons. The lowest BCUT2D eigenvalue weighted by Crippen LogP contribution is -2.41. The van der Waals surface area contributed by atoms with Crippen molar-refractivity contribution in [3.05, 3.63) is 28.0 Å². The molecule has 142 valence electrons. The molecule has 8 heteroatoms. The van der Waals surface area contributed by atoms with E-state index < -0.39 is 0 Å². The van der Waals surface area contributed by atoms with E-state index in [1.54, 1.807) is 6.92 Å². The number of likely N-dealkylation sites (tertiary alicyclic amines) is 1. The zero-order valence-corrected chi connectivity index (χ0v) is 15.7. The van der Waals surface area contributed by atoms with Gasteiger partial charge >= 0.3 is 0 Å². The highest BCUT2D eigenvalue weighted by atomic mass is 16.3. The first-order chi connectivity index (χ1) is 12.5. The second-order valence-electron chi connectivity index (χ2n) is 7.24. The maximum atomic E-state index is 12.6. The summed E-state index contributed by atoms with van der Waals surface area (Å²) in [6.45, 7) is 6.57. The van der Waals surface area contributed by atoms with Crippen LogP contribution in [0.1, 0.15) is 29.0 Å². The SMILES string of the molecule is Cc1oc2nc[nH]c(=O)c2c1C(=O)NCC1CCN(CCN(C)C)CC1. The summed E-state index contributed by atoms with van der Waals surface area (Å²) in [6.07, 6.45) is 3.42. The lowest BCUT2D eigenvalue weighted by atomic mass is 9.96. The quantitative estimate of drug-likeness (QED) is 0.791. The molecule has 26 heavy (non-hydrogen) atoms. The molecule has 8 nitrogen and oxygen atoms in total. The maximum Gasteiger partial charge on any atom is 0.262 e. The van der Waals surface area contributed by atoms with Crippen LogP contribution in [0.15, 0.2) is 15.5 Å². The molecule has 1 aliphatic heterocycles. The lowest BCUT2D eigenvalue weighted by molar-refractivity contribution is 0.0935. The van der Waals surface area contributed by atoms with Crippen molar-refractivity contribution < 1.29 is 9.21 Å². The summed E-state index contributed by atoms with van der Waals surface area (Å²) in [4.78, 5) is 35.8. The molecular formula is C18H27N5O3. The van der Waals surface area contributed by atoms with E-state index in [-0.39, 0.29) is 28.1 Å². The topological polar surface area (TPSA) is 94.5 Å². The van der Waals surface area contributed by atoms with Crippen molar-refractivity contribution in [3.8, 4) is 0 Å². The zero-order valence-electron chi connectivity index (χ0n) is 15.7. The fraction of sp³-hybridized carbons (Fsp3) is 0.611. The standard InChI is InChI=1S/C18H27N5O3/c1-12-14(15-17(25)20-11-21-18(15)26-12)16(24)19-10-13-4-6-23(7-5-13)9-8-22(2)3/h11,13H,4-10H2,1-3H3,(H,19,24)(H,20,21,25). The van der Waals surface area contributed by atoms with E-state index in [9.17, 15) is 9.59 Å². The summed E-state index contributed by atoms with van der Waals surface area (Å²) >= 11 is 0. The van der Waals surface area contributed by atoms with Crippen LogP contribution in [0.2, 0.25) is 0 Å². The van der Waals surface area contributed by atoms with Crippen molar-refractivity contribution in [2.75, 3.05) is 46.8 Å². The van der Waals surface area contributed by atoms with Gasteiger partial charge in [0.2, 0.25) is 5.71 Å². The van der Waals surface area contributed by atoms with Gasteiger partial charge in [0.1, 0.15) is 11.1 Å². The molecular weight excluding hydrogens is 334 g/mol. The molecule has 3 rings (SSSR count). The van der Waals surface area contributed by atoms with Gasteiger partial charge in [-0.05, 0) is 52.9 Å². The Balaban J connectivity index is 1.56. The molecule has 3 heterocycles. The van der Waals surface area contributed by atoms with E-state index in [0.717, 1.165) is 39.0 Å². The summed E-state index contributed by atoms with van der Waals surface area (Å²) in [6, 6.07) is 0. The van der Waals surface area contributed by atoms with E-state index in [1.165, 1.54) is 6.33 Å². The van der Waals surface area contributed by atoms with Gasteiger partial charge in [-0.3, -0.25) is 9.59 Å². The Bertz CT molecular complexity index is 818. The Morgan fingerprint density at radius 3 is 2.85 bits per heavy atom. The van der Waals surface area contributed by atoms with Crippen molar-refractivity contribution in [1.29, 1.82) is 0 Å². The number of aromatic nitrogens is 2. The van der Waals surface area contributed by atoms with Crippen LogP contribution in [0.3, 0.4) is 0 Å². The molecule has 0 atom stereocenters. The number of nitrogens with zero attached hydrogens (tertiary/aromatic N) is 3. The van der Waals surface area contributed by atoms with Gasteiger partial charge in [-0.1, -0.05) is 0 Å². The number of amides is 1. The molecule has 2 aromatic heterocycles. The molecule has 1 fully saturated rings. The Hall–Kier alpha value is -2.19. The van der Waals surface area contributed by atoms with Gasteiger partial charge in [0.15, 0.2) is 0 Å². The number of piperidine rings is 1. The van der Waals surface area contributed by atoms with Crippen molar-refractivity contribution in [2.45, 2.75) is 19.8 Å². The fourth-order valence-corrected chi connectivity index (χ4v) is 3.41. The number of hydrogen-bond donors (Lipinski definition) is 2. The predicted molar refractivity (Wildman–Crippen MR) is 99.4 cm³/mol. The molecule has 0 aliphatic carbocycles. The first kappa shape index (κ1) is 18.6. The highest BCUT2D eigenvalue weighted by molar-refractivity contribution is 6.06. The average Bonchev–Trinajstić information content (AvgIpc) is 2.96. The summed E-state index contributed by atoms with van der Waals surface area (Å²) in [5.41, 5.74) is 0.134. The monoisotopic (exact) mass is 361 g/mol. The van der Waals surface area contributed by atoms with Gasteiger partial charge in [-0.15, -0.1) is 0 Å². The summed E-state index contributed by atoms with van der Waals surface area (Å²) in [5, 5.41) is 3.20. The number of rotatable bonds is 6. The van der Waals surface area contributed by atoms with E-state index in [2.05, 4.69) is 39.2 Å². The minimum absolute atomic E-state index is 0.200. The smallest absolute Gasteiger partial charge is 0.262 e. The van der Waals surface area contributed by atoms with Crippen molar-refractivity contribution in [3.63, 3.8) is 0 Å². The minimum atomic E-state index is -0.355. The second kappa shape index (κ2) is 8.01. The van der Waals surface area contributed by atoms with E-state index in [0.29, 0.717) is 18.2 Å². The Kier molecular flexibility index (Phi) is 5.73. The van der Waals surface area contributed by atoms with Crippen molar-refractivity contribution >= 4 is 17.0 Å². The highest BCUT2D eigenvalue weighted by Gasteiger charge is 2.24. The molecule has 0 unspecified atom stereocenters. The predicted octanol–water partition coefficient (Wildman–Crippen LogP) is 0.828. The number of hydrogen-bond acceptors (Lipinski definition) is 6. The molecule has 2 aromatic rings. The average molecular weight is 361 g/mol. The number of carbonyl (C=O) groups excluding carboxylic acids is 1. The molecule has 0 bridgehead atoms. The van der Waals surface area contributed by atoms with Crippen LogP contribution in [-0.2, 0) is 0 Å². The van der Waals surface area contributed by atoms with Gasteiger partial charge in [0, 0.05) is 19.6 Å². The van der Waals surface area contributed by atoms with Crippen LogP contribution in [0, 0.1) is 12.8 Å². The molecule has 0 aromatic carbocycles. The van der Waals surface area contributed by atoms with Crippen LogP contribution in [0.5, 0.6) is 0 Å². The molecule has 0 saturated carbocycles. The fourth-order valence-electron chi connectivity index (χ4n) is 3.41. The van der Waals surface area contributed by atoms with E-state index in [4.69, 9.17) is 4.42 Å². The third-order valence-electron chi connectivity index (χ3n) is 5.02. The zero-order chi connectivity index (χ0) is 18.7. The van der Waals surface area contributed by atoms with Crippen molar-refractivity contribution in [2.24, 2.45) is 5.92 Å². The highest BCUT2D eigenvalue weighted by Crippen LogP contribution is 2.21. The number of carbonyl (C=O) groups is 1. The summed E-state index contributed by atoms with van der Waals surface area (Å²) in [5.74, 6) is 0.611. The maximum absolute atomic E-state index is 12.6. The molecule has 1 aliphatic rings. The van der Waals surface area contributed by atoms with Gasteiger partial charge in [0.25, 0.3) is 11.5 Å². The van der Waals surface area contributed by atoms with Gasteiger partial charge in [0.05, 0.1) is 11.9 Å². The number of H-pyrrole nitrogens is 1. The van der Waals surface area contributed by atoms with Crippen LogP contribution in [0.4, 0.5) is 0 Å². The number of aromatic amines is 1. The number of likely N-dealkylation sites (N-methyl/N-ethyl adjacent to an activating group) is 1. The Morgan fingerprint density at radius 2 is 2.15 bits per heavy atom. The normalized spacial score (nSPS) is 16.5. The third-order valence-corrected chi connectivity index (χ3v) is 5.02. The third kappa shape index (κ3) is 4.13. The Labute approximate surface area is 152 Å². The summed E-state index contributed by atoms with van der Waals surface area (Å²) in [7, 11) is 4.18. The van der Waals surface area contributed by atoms with Crippen LogP contribution in [0.25, 0.3) is 11.1 Å². The second-order valence-corrected chi connectivity index (χ2v) is 7.24. The van der Waals surface area contributed by atoms with E-state index in [1.807, 2.05) is 0 Å². The number of nitrogens with one attached hydrogen (secondary N) is 2. The molecule has 1 amide bonds. The molecule has 2 N–H and O–H groups in total. The van der Waals surface area contributed by atoms with Crippen LogP contribution < -0.4 is 10.9 Å². The minimum Gasteiger partial charge on any atom is -0.442 e.